The first-order valence-corrected chi connectivity index (χ1v) is 6.46. The summed E-state index contributed by atoms with van der Waals surface area (Å²) in [4.78, 5) is 24.9. The van der Waals surface area contributed by atoms with Crippen molar-refractivity contribution in [3.8, 4) is 0 Å². The van der Waals surface area contributed by atoms with E-state index in [4.69, 9.17) is 0 Å². The molecule has 3 amide bonds. The second kappa shape index (κ2) is 5.30. The van der Waals surface area contributed by atoms with Gasteiger partial charge in [0.15, 0.2) is 0 Å². The molecule has 0 aromatic heterocycles. The standard InChI is InChI=1S/C14H19N3O2/c1-9(2)15-14(19)16-12-5-4-11-6-7-17(10(3)18)13(11)8-12/h4-5,8-9H,6-7H2,1-3H3,(H2,15,16,19). The fraction of sp³-hybridized carbons (Fsp3) is 0.429. The highest BCUT2D eigenvalue weighted by atomic mass is 16.2. The Morgan fingerprint density at radius 1 is 1.32 bits per heavy atom. The number of anilines is 2. The van der Waals surface area contributed by atoms with E-state index >= 15 is 0 Å². The smallest absolute Gasteiger partial charge is 0.319 e. The highest BCUT2D eigenvalue weighted by Crippen LogP contribution is 2.30. The Morgan fingerprint density at radius 3 is 2.68 bits per heavy atom. The number of nitrogens with zero attached hydrogens (tertiary/aromatic N) is 1. The van der Waals surface area contributed by atoms with Crippen LogP contribution >= 0.6 is 0 Å². The predicted molar refractivity (Wildman–Crippen MR) is 75.5 cm³/mol. The molecule has 1 aliphatic heterocycles. The van der Waals surface area contributed by atoms with Crippen LogP contribution in [-0.2, 0) is 11.2 Å². The number of rotatable bonds is 2. The van der Waals surface area contributed by atoms with Gasteiger partial charge in [0, 0.05) is 30.9 Å². The molecule has 0 radical (unpaired) electrons. The SMILES string of the molecule is CC(=O)N1CCc2ccc(NC(=O)NC(C)C)cc21. The fourth-order valence-corrected chi connectivity index (χ4v) is 2.21. The summed E-state index contributed by atoms with van der Waals surface area (Å²) in [5.41, 5.74) is 2.74. The summed E-state index contributed by atoms with van der Waals surface area (Å²) in [5, 5.41) is 5.54. The van der Waals surface area contributed by atoms with Gasteiger partial charge in [-0.15, -0.1) is 0 Å². The maximum atomic E-state index is 11.6. The molecule has 1 aliphatic rings. The maximum Gasteiger partial charge on any atom is 0.319 e. The molecule has 1 aromatic rings. The zero-order valence-electron chi connectivity index (χ0n) is 11.5. The van der Waals surface area contributed by atoms with Gasteiger partial charge in [-0.25, -0.2) is 4.79 Å². The van der Waals surface area contributed by atoms with Crippen molar-refractivity contribution in [3.63, 3.8) is 0 Å². The molecule has 2 N–H and O–H groups in total. The van der Waals surface area contributed by atoms with Gasteiger partial charge in [-0.2, -0.15) is 0 Å². The second-order valence-corrected chi connectivity index (χ2v) is 5.02. The van der Waals surface area contributed by atoms with Crippen molar-refractivity contribution in [3.05, 3.63) is 23.8 Å². The molecule has 102 valence electrons. The molecule has 5 nitrogen and oxygen atoms in total. The molecule has 2 rings (SSSR count). The monoisotopic (exact) mass is 261 g/mol. The normalized spacial score (nSPS) is 13.4. The van der Waals surface area contributed by atoms with Gasteiger partial charge in [-0.05, 0) is 38.0 Å². The minimum Gasteiger partial charge on any atom is -0.336 e. The topological polar surface area (TPSA) is 61.4 Å². The first-order valence-electron chi connectivity index (χ1n) is 6.46. The van der Waals surface area contributed by atoms with Crippen molar-refractivity contribution in [1.82, 2.24) is 5.32 Å². The van der Waals surface area contributed by atoms with Crippen molar-refractivity contribution < 1.29 is 9.59 Å². The van der Waals surface area contributed by atoms with Crippen molar-refractivity contribution in [2.24, 2.45) is 0 Å². The number of nitrogens with one attached hydrogen (secondary N) is 2. The first kappa shape index (κ1) is 13.4. The van der Waals surface area contributed by atoms with E-state index in [1.54, 1.807) is 11.8 Å². The third-order valence-electron chi connectivity index (χ3n) is 3.04. The molecule has 0 bridgehead atoms. The largest absolute Gasteiger partial charge is 0.336 e. The van der Waals surface area contributed by atoms with E-state index in [-0.39, 0.29) is 18.0 Å². The number of carbonyl (C=O) groups is 2. The quantitative estimate of drug-likeness (QED) is 0.856. The number of hydrogen-bond donors (Lipinski definition) is 2. The summed E-state index contributed by atoms with van der Waals surface area (Å²) >= 11 is 0. The summed E-state index contributed by atoms with van der Waals surface area (Å²) in [7, 11) is 0. The third kappa shape index (κ3) is 3.05. The Hall–Kier alpha value is -2.04. The Balaban J connectivity index is 2.15. The van der Waals surface area contributed by atoms with E-state index in [2.05, 4.69) is 10.6 Å². The van der Waals surface area contributed by atoms with Crippen LogP contribution in [0.15, 0.2) is 18.2 Å². The summed E-state index contributed by atoms with van der Waals surface area (Å²) < 4.78 is 0. The van der Waals surface area contributed by atoms with Gasteiger partial charge in [0.1, 0.15) is 0 Å². The highest BCUT2D eigenvalue weighted by Gasteiger charge is 2.22. The highest BCUT2D eigenvalue weighted by molar-refractivity contribution is 5.96. The number of benzene rings is 1. The van der Waals surface area contributed by atoms with Crippen LogP contribution in [0.3, 0.4) is 0 Å². The molecule has 1 heterocycles. The van der Waals surface area contributed by atoms with Gasteiger partial charge >= 0.3 is 6.03 Å². The fourth-order valence-electron chi connectivity index (χ4n) is 2.21. The molecule has 0 saturated heterocycles. The van der Waals surface area contributed by atoms with Crippen LogP contribution in [0.2, 0.25) is 0 Å². The van der Waals surface area contributed by atoms with Gasteiger partial charge in [0.05, 0.1) is 0 Å². The van der Waals surface area contributed by atoms with Crippen LogP contribution < -0.4 is 15.5 Å². The van der Waals surface area contributed by atoms with Gasteiger partial charge in [-0.1, -0.05) is 6.07 Å². The molecular formula is C14H19N3O2. The number of amides is 3. The van der Waals surface area contributed by atoms with Gasteiger partial charge in [0.25, 0.3) is 0 Å². The van der Waals surface area contributed by atoms with Gasteiger partial charge in [0.2, 0.25) is 5.91 Å². The summed E-state index contributed by atoms with van der Waals surface area (Å²) in [6.07, 6.45) is 0.868. The van der Waals surface area contributed by atoms with Crippen molar-refractivity contribution in [2.75, 3.05) is 16.8 Å². The molecule has 1 aromatic carbocycles. The van der Waals surface area contributed by atoms with E-state index in [0.29, 0.717) is 12.2 Å². The summed E-state index contributed by atoms with van der Waals surface area (Å²) in [6, 6.07) is 5.53. The van der Waals surface area contributed by atoms with Crippen LogP contribution in [0.1, 0.15) is 26.3 Å². The lowest BCUT2D eigenvalue weighted by Gasteiger charge is -2.16. The van der Waals surface area contributed by atoms with Gasteiger partial charge in [-0.3, -0.25) is 4.79 Å². The van der Waals surface area contributed by atoms with Crippen molar-refractivity contribution in [1.29, 1.82) is 0 Å². The van der Waals surface area contributed by atoms with Crippen LogP contribution in [-0.4, -0.2) is 24.5 Å². The van der Waals surface area contributed by atoms with E-state index in [1.807, 2.05) is 32.0 Å². The van der Waals surface area contributed by atoms with Crippen LogP contribution in [0.25, 0.3) is 0 Å². The van der Waals surface area contributed by atoms with Crippen molar-refractivity contribution >= 4 is 23.3 Å². The molecule has 5 heteroatoms. The Morgan fingerprint density at radius 2 is 2.05 bits per heavy atom. The average molecular weight is 261 g/mol. The molecule has 0 spiro atoms. The average Bonchev–Trinajstić information content (AvgIpc) is 2.70. The number of urea groups is 1. The lowest BCUT2D eigenvalue weighted by Crippen LogP contribution is -2.34. The molecule has 0 saturated carbocycles. The first-order chi connectivity index (χ1) is 8.97. The van der Waals surface area contributed by atoms with Crippen molar-refractivity contribution in [2.45, 2.75) is 33.2 Å². The van der Waals surface area contributed by atoms with E-state index < -0.39 is 0 Å². The lowest BCUT2D eigenvalue weighted by atomic mass is 10.1. The minimum atomic E-state index is -0.234. The third-order valence-corrected chi connectivity index (χ3v) is 3.04. The predicted octanol–water partition coefficient (Wildman–Crippen LogP) is 2.13. The lowest BCUT2D eigenvalue weighted by molar-refractivity contribution is -0.116. The number of hydrogen-bond acceptors (Lipinski definition) is 2. The van der Waals surface area contributed by atoms with E-state index in [0.717, 1.165) is 17.7 Å². The molecular weight excluding hydrogens is 242 g/mol. The summed E-state index contributed by atoms with van der Waals surface area (Å²) in [5.74, 6) is 0.0301. The second-order valence-electron chi connectivity index (χ2n) is 5.02. The summed E-state index contributed by atoms with van der Waals surface area (Å²) in [6.45, 7) is 6.08. The Kier molecular flexibility index (Phi) is 3.74. The maximum absolute atomic E-state index is 11.6. The minimum absolute atomic E-state index is 0.0301. The molecule has 0 fully saturated rings. The van der Waals surface area contributed by atoms with E-state index in [9.17, 15) is 9.59 Å². The van der Waals surface area contributed by atoms with E-state index in [1.165, 1.54) is 0 Å². The van der Waals surface area contributed by atoms with Gasteiger partial charge < -0.3 is 15.5 Å². The molecule has 0 aliphatic carbocycles. The molecule has 0 unspecified atom stereocenters. The zero-order valence-corrected chi connectivity index (χ0v) is 11.5. The molecule has 0 atom stereocenters. The Bertz CT molecular complexity index is 511. The van der Waals surface area contributed by atoms with Crippen LogP contribution in [0.4, 0.5) is 16.2 Å². The number of carbonyl (C=O) groups excluding carboxylic acids is 2. The molecule has 19 heavy (non-hydrogen) atoms. The Labute approximate surface area is 113 Å². The number of fused-ring (bicyclic) bond motifs is 1. The zero-order chi connectivity index (χ0) is 14.0. The van der Waals surface area contributed by atoms with Crippen LogP contribution in [0, 0.1) is 0 Å². The van der Waals surface area contributed by atoms with Crippen LogP contribution in [0.5, 0.6) is 0 Å².